The Morgan fingerprint density at radius 1 is 1.25 bits per heavy atom. The van der Waals surface area contributed by atoms with E-state index in [1.807, 2.05) is 13.0 Å². The fraction of sp³-hybridized carbons (Fsp3) is 0.214. The molecule has 0 saturated heterocycles. The molecule has 20 heavy (non-hydrogen) atoms. The van der Waals surface area contributed by atoms with Gasteiger partial charge >= 0.3 is 0 Å². The lowest BCUT2D eigenvalue weighted by atomic mass is 10.2. The van der Waals surface area contributed by atoms with Gasteiger partial charge in [-0.2, -0.15) is 0 Å². The Hall–Kier alpha value is -2.08. The molecule has 2 aromatic rings. The molecule has 104 valence electrons. The van der Waals surface area contributed by atoms with E-state index in [4.69, 9.17) is 0 Å². The average Bonchev–Trinajstić information content (AvgIpc) is 2.85. The molecule has 1 aliphatic heterocycles. The second-order valence-electron chi connectivity index (χ2n) is 4.85. The number of hydrogen-bond donors (Lipinski definition) is 2. The molecule has 2 heterocycles. The lowest BCUT2D eigenvalue weighted by Crippen LogP contribution is -2.13. The first-order valence-electron chi connectivity index (χ1n) is 6.36. The van der Waals surface area contributed by atoms with Gasteiger partial charge in [0.05, 0.1) is 16.8 Å². The lowest BCUT2D eigenvalue weighted by Gasteiger charge is -2.09. The number of hydrogen-bond acceptors (Lipinski definition) is 4. The molecule has 3 rings (SSSR count). The smallest absolute Gasteiger partial charge is 0.261 e. The third-order valence-corrected chi connectivity index (χ3v) is 4.60. The highest BCUT2D eigenvalue weighted by Crippen LogP contribution is 2.26. The molecule has 0 amide bonds. The van der Waals surface area contributed by atoms with Crippen molar-refractivity contribution >= 4 is 21.4 Å². The van der Waals surface area contributed by atoms with E-state index in [9.17, 15) is 8.42 Å². The minimum Gasteiger partial charge on any atom is -0.384 e. The van der Waals surface area contributed by atoms with Gasteiger partial charge in [-0.1, -0.05) is 0 Å². The zero-order chi connectivity index (χ0) is 14.2. The van der Waals surface area contributed by atoms with Crippen LogP contribution in [0.25, 0.3) is 0 Å². The number of anilines is 2. The molecule has 0 saturated carbocycles. The van der Waals surface area contributed by atoms with E-state index >= 15 is 0 Å². The van der Waals surface area contributed by atoms with Crippen molar-refractivity contribution in [2.75, 3.05) is 16.6 Å². The van der Waals surface area contributed by atoms with E-state index in [1.54, 1.807) is 24.4 Å². The van der Waals surface area contributed by atoms with Crippen LogP contribution in [0.3, 0.4) is 0 Å². The Kier molecular flexibility index (Phi) is 3.10. The van der Waals surface area contributed by atoms with Gasteiger partial charge in [0.1, 0.15) is 0 Å². The quantitative estimate of drug-likeness (QED) is 0.908. The minimum atomic E-state index is -3.57. The summed E-state index contributed by atoms with van der Waals surface area (Å²) in [5.41, 5.74) is 3.43. The third-order valence-electron chi connectivity index (χ3n) is 3.22. The van der Waals surface area contributed by atoms with Crippen molar-refractivity contribution in [1.82, 2.24) is 4.98 Å². The van der Waals surface area contributed by atoms with Crippen LogP contribution in [-0.4, -0.2) is 19.9 Å². The molecule has 2 N–H and O–H groups in total. The van der Waals surface area contributed by atoms with E-state index < -0.39 is 10.0 Å². The zero-order valence-corrected chi connectivity index (χ0v) is 11.9. The molecule has 0 atom stereocenters. The van der Waals surface area contributed by atoms with Gasteiger partial charge in [0, 0.05) is 18.4 Å². The molecular weight excluding hydrogens is 274 g/mol. The number of aryl methyl sites for hydroxylation is 1. The highest BCUT2D eigenvalue weighted by atomic mass is 32.2. The van der Waals surface area contributed by atoms with Gasteiger partial charge in [-0.3, -0.25) is 9.71 Å². The van der Waals surface area contributed by atoms with Crippen LogP contribution < -0.4 is 10.0 Å². The van der Waals surface area contributed by atoms with Gasteiger partial charge in [0.15, 0.2) is 0 Å². The number of nitrogens with one attached hydrogen (secondary N) is 2. The molecule has 6 heteroatoms. The number of rotatable bonds is 3. The Morgan fingerprint density at radius 2 is 2.10 bits per heavy atom. The number of pyridine rings is 1. The predicted molar refractivity (Wildman–Crippen MR) is 78.4 cm³/mol. The summed E-state index contributed by atoms with van der Waals surface area (Å²) in [7, 11) is -3.57. The average molecular weight is 289 g/mol. The van der Waals surface area contributed by atoms with Gasteiger partial charge in [-0.05, 0) is 48.7 Å². The van der Waals surface area contributed by atoms with Crippen molar-refractivity contribution < 1.29 is 8.42 Å². The second kappa shape index (κ2) is 4.79. The SMILES string of the molecule is Cc1cncc(NS(=O)(=O)c2ccc3c(c2)CCN3)c1. The molecule has 1 aromatic carbocycles. The Morgan fingerprint density at radius 3 is 2.90 bits per heavy atom. The standard InChI is InChI=1S/C14H15N3O2S/c1-10-6-12(9-15-8-10)17-20(18,19)13-2-3-14-11(7-13)4-5-16-14/h2-3,6-9,16-17H,4-5H2,1H3. The van der Waals surface area contributed by atoms with Gasteiger partial charge in [-0.25, -0.2) is 8.42 Å². The zero-order valence-electron chi connectivity index (χ0n) is 11.1. The summed E-state index contributed by atoms with van der Waals surface area (Å²) in [6.07, 6.45) is 4.03. The molecule has 1 aliphatic rings. The fourth-order valence-corrected chi connectivity index (χ4v) is 3.36. The van der Waals surface area contributed by atoms with Crippen molar-refractivity contribution in [3.8, 4) is 0 Å². The van der Waals surface area contributed by atoms with E-state index in [1.165, 1.54) is 6.20 Å². The lowest BCUT2D eigenvalue weighted by molar-refractivity contribution is 0.601. The summed E-state index contributed by atoms with van der Waals surface area (Å²) in [5.74, 6) is 0. The second-order valence-corrected chi connectivity index (χ2v) is 6.53. The Bertz CT molecular complexity index is 757. The van der Waals surface area contributed by atoms with Gasteiger partial charge in [0.25, 0.3) is 10.0 Å². The van der Waals surface area contributed by atoms with Gasteiger partial charge in [0.2, 0.25) is 0 Å². The van der Waals surface area contributed by atoms with Crippen LogP contribution in [0, 0.1) is 6.92 Å². The molecule has 0 bridgehead atoms. The van der Waals surface area contributed by atoms with Crippen molar-refractivity contribution in [2.24, 2.45) is 0 Å². The van der Waals surface area contributed by atoms with Crippen LogP contribution >= 0.6 is 0 Å². The number of fused-ring (bicyclic) bond motifs is 1. The summed E-state index contributed by atoms with van der Waals surface area (Å²) in [6.45, 7) is 2.72. The van der Waals surface area contributed by atoms with E-state index in [-0.39, 0.29) is 4.90 Å². The number of benzene rings is 1. The summed E-state index contributed by atoms with van der Waals surface area (Å²) in [5, 5.41) is 3.21. The van der Waals surface area contributed by atoms with Gasteiger partial charge in [-0.15, -0.1) is 0 Å². The van der Waals surface area contributed by atoms with Crippen LogP contribution in [-0.2, 0) is 16.4 Å². The summed E-state index contributed by atoms with van der Waals surface area (Å²) < 4.78 is 27.3. The molecular formula is C14H15N3O2S. The predicted octanol–water partition coefficient (Wildman–Crippen LogP) is 2.16. The Balaban J connectivity index is 1.92. The van der Waals surface area contributed by atoms with E-state index in [0.717, 1.165) is 29.8 Å². The van der Waals surface area contributed by atoms with Crippen LogP contribution in [0.15, 0.2) is 41.6 Å². The molecule has 5 nitrogen and oxygen atoms in total. The summed E-state index contributed by atoms with van der Waals surface area (Å²) in [6, 6.07) is 6.90. The third kappa shape index (κ3) is 2.46. The first-order chi connectivity index (χ1) is 9.54. The van der Waals surface area contributed by atoms with Crippen LogP contribution in [0.4, 0.5) is 11.4 Å². The normalized spacial score (nSPS) is 13.7. The molecule has 0 radical (unpaired) electrons. The van der Waals surface area contributed by atoms with Crippen molar-refractivity contribution in [1.29, 1.82) is 0 Å². The van der Waals surface area contributed by atoms with Crippen molar-refractivity contribution in [3.63, 3.8) is 0 Å². The van der Waals surface area contributed by atoms with Crippen molar-refractivity contribution in [2.45, 2.75) is 18.2 Å². The highest BCUT2D eigenvalue weighted by Gasteiger charge is 2.18. The topological polar surface area (TPSA) is 71.1 Å². The van der Waals surface area contributed by atoms with E-state index in [0.29, 0.717) is 5.69 Å². The molecule has 0 fully saturated rings. The highest BCUT2D eigenvalue weighted by molar-refractivity contribution is 7.92. The maximum absolute atomic E-state index is 12.4. The largest absolute Gasteiger partial charge is 0.384 e. The minimum absolute atomic E-state index is 0.279. The Labute approximate surface area is 118 Å². The number of sulfonamides is 1. The van der Waals surface area contributed by atoms with E-state index in [2.05, 4.69) is 15.0 Å². The first kappa shape index (κ1) is 12.9. The van der Waals surface area contributed by atoms with Crippen LogP contribution in [0.2, 0.25) is 0 Å². The number of aromatic nitrogens is 1. The maximum Gasteiger partial charge on any atom is 0.261 e. The first-order valence-corrected chi connectivity index (χ1v) is 7.84. The maximum atomic E-state index is 12.4. The molecule has 0 unspecified atom stereocenters. The number of nitrogens with zero attached hydrogens (tertiary/aromatic N) is 1. The van der Waals surface area contributed by atoms with Gasteiger partial charge < -0.3 is 5.32 Å². The van der Waals surface area contributed by atoms with Crippen LogP contribution in [0.1, 0.15) is 11.1 Å². The van der Waals surface area contributed by atoms with Crippen LogP contribution in [0.5, 0.6) is 0 Å². The monoisotopic (exact) mass is 289 g/mol. The fourth-order valence-electron chi connectivity index (χ4n) is 2.27. The summed E-state index contributed by atoms with van der Waals surface area (Å²) in [4.78, 5) is 4.26. The molecule has 0 aliphatic carbocycles. The summed E-state index contributed by atoms with van der Waals surface area (Å²) >= 11 is 0. The molecule has 1 aromatic heterocycles. The molecule has 0 spiro atoms. The van der Waals surface area contributed by atoms with Crippen molar-refractivity contribution in [3.05, 3.63) is 47.8 Å².